The Morgan fingerprint density at radius 3 is 1.36 bits per heavy atom. The highest BCUT2D eigenvalue weighted by atomic mass is 15.2. The van der Waals surface area contributed by atoms with Crippen molar-refractivity contribution in [3.05, 3.63) is 307 Å². The van der Waals surface area contributed by atoms with Crippen molar-refractivity contribution in [2.45, 2.75) is 5.41 Å². The van der Waals surface area contributed by atoms with Crippen LogP contribution in [0.15, 0.2) is 285 Å². The molecule has 0 heterocycles. The van der Waals surface area contributed by atoms with Crippen molar-refractivity contribution in [1.29, 1.82) is 0 Å². The fraction of sp³-hybridized carbons (Fsp3) is 0.0145. The molecule has 0 unspecified atom stereocenters. The van der Waals surface area contributed by atoms with Crippen molar-refractivity contribution in [3.63, 3.8) is 0 Å². The summed E-state index contributed by atoms with van der Waals surface area (Å²) in [5.74, 6) is 0. The first-order valence-electron chi connectivity index (χ1n) is 24.3. The van der Waals surface area contributed by atoms with Crippen LogP contribution in [0, 0.1) is 0 Å². The zero-order valence-electron chi connectivity index (χ0n) is 38.6. The third kappa shape index (κ3) is 6.62. The second-order valence-electron chi connectivity index (χ2n) is 18.3. The van der Waals surface area contributed by atoms with E-state index in [4.69, 9.17) is 0 Å². The van der Waals surface area contributed by atoms with Crippen molar-refractivity contribution in [1.82, 2.24) is 0 Å². The summed E-state index contributed by atoms with van der Waals surface area (Å²) in [5.41, 5.74) is 19.7. The maximum atomic E-state index is 2.59. The lowest BCUT2D eigenvalue weighted by atomic mass is 9.68. The highest BCUT2D eigenvalue weighted by molar-refractivity contribution is 6.23. The molecular weight excluding hydrogens is 843 g/mol. The minimum absolute atomic E-state index is 0.567. The second-order valence-corrected chi connectivity index (χ2v) is 18.3. The molecule has 0 radical (unpaired) electrons. The molecule has 0 aliphatic heterocycles. The molecule has 0 bridgehead atoms. The van der Waals surface area contributed by atoms with Crippen molar-refractivity contribution in [2.24, 2.45) is 0 Å². The fourth-order valence-corrected chi connectivity index (χ4v) is 11.6. The van der Waals surface area contributed by atoms with Gasteiger partial charge in [0.15, 0.2) is 0 Å². The summed E-state index contributed by atoms with van der Waals surface area (Å²) >= 11 is 0. The molecule has 0 atom stereocenters. The maximum Gasteiger partial charge on any atom is 0.0714 e. The fourth-order valence-electron chi connectivity index (χ4n) is 11.6. The average Bonchev–Trinajstić information content (AvgIpc) is 3.76. The van der Waals surface area contributed by atoms with Gasteiger partial charge >= 0.3 is 0 Å². The van der Waals surface area contributed by atoms with E-state index in [1.807, 2.05) is 0 Å². The van der Waals surface area contributed by atoms with Crippen LogP contribution in [0.4, 0.5) is 17.1 Å². The van der Waals surface area contributed by atoms with E-state index in [0.717, 1.165) is 22.6 Å². The predicted molar refractivity (Wildman–Crippen MR) is 295 cm³/mol. The third-order valence-electron chi connectivity index (χ3n) is 14.5. The largest absolute Gasteiger partial charge is 0.309 e. The number of benzene rings is 12. The van der Waals surface area contributed by atoms with Crippen molar-refractivity contribution < 1.29 is 0 Å². The van der Waals surface area contributed by atoms with Gasteiger partial charge in [-0.3, -0.25) is 0 Å². The summed E-state index contributed by atoms with van der Waals surface area (Å²) in [6.45, 7) is 0. The first kappa shape index (κ1) is 41.2. The molecule has 0 saturated heterocycles. The molecule has 70 heavy (non-hydrogen) atoms. The molecule has 1 aliphatic carbocycles. The topological polar surface area (TPSA) is 3.24 Å². The van der Waals surface area contributed by atoms with Gasteiger partial charge in [-0.2, -0.15) is 0 Å². The van der Waals surface area contributed by atoms with E-state index in [0.29, 0.717) is 0 Å². The normalized spacial score (nSPS) is 12.4. The Kier molecular flexibility index (Phi) is 10.1. The number of nitrogens with zero attached hydrogens (tertiary/aromatic N) is 1. The van der Waals surface area contributed by atoms with Crippen molar-refractivity contribution in [3.8, 4) is 55.6 Å². The molecule has 12 aromatic carbocycles. The molecule has 0 amide bonds. The second kappa shape index (κ2) is 17.2. The molecule has 1 aliphatic rings. The highest BCUT2D eigenvalue weighted by Gasteiger charge is 2.47. The smallest absolute Gasteiger partial charge is 0.0714 e. The molecule has 1 nitrogen and oxygen atoms in total. The van der Waals surface area contributed by atoms with Crippen molar-refractivity contribution in [2.75, 3.05) is 4.90 Å². The van der Waals surface area contributed by atoms with Gasteiger partial charge in [0.1, 0.15) is 0 Å². The lowest BCUT2D eigenvalue weighted by molar-refractivity contribution is 0.768. The minimum Gasteiger partial charge on any atom is -0.309 e. The van der Waals surface area contributed by atoms with Crippen LogP contribution in [0.25, 0.3) is 77.2 Å². The van der Waals surface area contributed by atoms with Gasteiger partial charge in [-0.15, -0.1) is 0 Å². The van der Waals surface area contributed by atoms with Gasteiger partial charge in [0.25, 0.3) is 0 Å². The number of fused-ring (bicyclic) bond motifs is 6. The van der Waals surface area contributed by atoms with Gasteiger partial charge < -0.3 is 4.90 Å². The van der Waals surface area contributed by atoms with E-state index in [1.165, 1.54) is 93.9 Å². The van der Waals surface area contributed by atoms with Crippen LogP contribution in [-0.2, 0) is 5.41 Å². The van der Waals surface area contributed by atoms with Gasteiger partial charge in [0, 0.05) is 22.2 Å². The summed E-state index contributed by atoms with van der Waals surface area (Å²) in [5, 5.41) is 4.82. The van der Waals surface area contributed by atoms with Crippen LogP contribution in [0.1, 0.15) is 22.3 Å². The summed E-state index contributed by atoms with van der Waals surface area (Å²) in [6, 6.07) is 105. The lowest BCUT2D eigenvalue weighted by Crippen LogP contribution is -2.28. The minimum atomic E-state index is -0.567. The lowest BCUT2D eigenvalue weighted by Gasteiger charge is -2.35. The highest BCUT2D eigenvalue weighted by Crippen LogP contribution is 2.61. The van der Waals surface area contributed by atoms with Gasteiger partial charge in [-0.25, -0.2) is 0 Å². The van der Waals surface area contributed by atoms with Crippen LogP contribution in [-0.4, -0.2) is 0 Å². The molecule has 0 aromatic heterocycles. The maximum absolute atomic E-state index is 2.59. The number of anilines is 3. The first-order chi connectivity index (χ1) is 34.8. The van der Waals surface area contributed by atoms with Crippen LogP contribution in [0.2, 0.25) is 0 Å². The standard InChI is InChI=1S/C69H47N/c1-5-23-48(24-6-1)49-43-45-55(46-44-49)70(65-42-22-41-64-67(65)62-39-19-20-40-63(62)69(64,53-29-9-3-10-30-53)54-31-11-4-12-32-54)68-61-38-18-16-36-59(61)58-35-15-17-37-60(58)66(68)52-28-21-27-51(47-52)57-34-14-13-33-56(57)50-25-7-2-8-26-50/h1-47H. The Labute approximate surface area is 409 Å². The Hall–Kier alpha value is -9.04. The van der Waals surface area contributed by atoms with E-state index in [9.17, 15) is 0 Å². The quantitative estimate of drug-likeness (QED) is 0.131. The van der Waals surface area contributed by atoms with Gasteiger partial charge in [-0.1, -0.05) is 261 Å². The average molecular weight is 890 g/mol. The SMILES string of the molecule is c1ccc(-c2ccc(N(c3cccc4c3-c3ccccc3C4(c3ccccc3)c3ccccc3)c3c(-c4cccc(-c5ccccc5-c5ccccc5)c4)c4ccccc4c4ccccc34)cc2)cc1. The molecular formula is C69H47N. The third-order valence-corrected chi connectivity index (χ3v) is 14.5. The molecule has 328 valence electrons. The van der Waals surface area contributed by atoms with Gasteiger partial charge in [-0.05, 0) is 107 Å². The molecule has 13 rings (SSSR count). The number of rotatable bonds is 9. The molecule has 0 spiro atoms. The van der Waals surface area contributed by atoms with Crippen LogP contribution in [0.5, 0.6) is 0 Å². The van der Waals surface area contributed by atoms with Crippen molar-refractivity contribution >= 4 is 38.6 Å². The van der Waals surface area contributed by atoms with Crippen LogP contribution >= 0.6 is 0 Å². The van der Waals surface area contributed by atoms with E-state index in [-0.39, 0.29) is 0 Å². The molecule has 0 saturated carbocycles. The Morgan fingerprint density at radius 1 is 0.257 bits per heavy atom. The Bertz CT molecular complexity index is 3820. The first-order valence-corrected chi connectivity index (χ1v) is 24.3. The van der Waals surface area contributed by atoms with E-state index >= 15 is 0 Å². The Balaban J connectivity index is 1.15. The number of hydrogen-bond donors (Lipinski definition) is 0. The van der Waals surface area contributed by atoms with Crippen LogP contribution in [0.3, 0.4) is 0 Å². The summed E-state index contributed by atoms with van der Waals surface area (Å²) in [6.07, 6.45) is 0. The number of hydrogen-bond acceptors (Lipinski definition) is 1. The van der Waals surface area contributed by atoms with E-state index < -0.39 is 5.41 Å². The predicted octanol–water partition coefficient (Wildman–Crippen LogP) is 18.5. The molecule has 0 N–H and O–H groups in total. The van der Waals surface area contributed by atoms with Crippen LogP contribution < -0.4 is 4.90 Å². The Morgan fingerprint density at radius 2 is 0.700 bits per heavy atom. The molecule has 0 fully saturated rings. The van der Waals surface area contributed by atoms with Gasteiger partial charge in [0.05, 0.1) is 16.8 Å². The summed E-state index contributed by atoms with van der Waals surface area (Å²) in [7, 11) is 0. The summed E-state index contributed by atoms with van der Waals surface area (Å²) in [4.78, 5) is 2.59. The zero-order valence-corrected chi connectivity index (χ0v) is 38.6. The van der Waals surface area contributed by atoms with E-state index in [1.54, 1.807) is 0 Å². The molecule has 12 aromatic rings. The zero-order chi connectivity index (χ0) is 46.4. The van der Waals surface area contributed by atoms with Gasteiger partial charge in [0.2, 0.25) is 0 Å². The molecule has 1 heteroatoms. The summed E-state index contributed by atoms with van der Waals surface area (Å²) < 4.78 is 0. The monoisotopic (exact) mass is 889 g/mol. The van der Waals surface area contributed by atoms with E-state index in [2.05, 4.69) is 290 Å².